The van der Waals surface area contributed by atoms with Crippen LogP contribution in [0.15, 0.2) is 42.5 Å². The molecule has 0 radical (unpaired) electrons. The van der Waals surface area contributed by atoms with Crippen LogP contribution in [0.1, 0.15) is 5.56 Å². The average molecular weight is 379 g/mol. The van der Waals surface area contributed by atoms with Crippen molar-refractivity contribution in [3.8, 4) is 17.2 Å². The molecule has 5 nitrogen and oxygen atoms in total. The number of rotatable bonds is 6. The van der Waals surface area contributed by atoms with Crippen molar-refractivity contribution in [1.29, 1.82) is 0 Å². The van der Waals surface area contributed by atoms with E-state index >= 15 is 0 Å². The van der Waals surface area contributed by atoms with Gasteiger partial charge in [-0.3, -0.25) is 4.90 Å². The van der Waals surface area contributed by atoms with Gasteiger partial charge in [0, 0.05) is 32.7 Å². The Labute approximate surface area is 161 Å². The third-order valence-corrected chi connectivity index (χ3v) is 4.65. The Bertz CT molecular complexity index is 703. The lowest BCUT2D eigenvalue weighted by atomic mass is 10.1. The molecule has 0 spiro atoms. The van der Waals surface area contributed by atoms with Gasteiger partial charge in [-0.2, -0.15) is 0 Å². The van der Waals surface area contributed by atoms with Gasteiger partial charge in [0.2, 0.25) is 0 Å². The largest absolute Gasteiger partial charge is 0.495 e. The van der Waals surface area contributed by atoms with E-state index in [0.29, 0.717) is 0 Å². The summed E-state index contributed by atoms with van der Waals surface area (Å²) >= 11 is 0. The Morgan fingerprint density at radius 1 is 0.769 bits per heavy atom. The van der Waals surface area contributed by atoms with E-state index in [1.165, 1.54) is 11.3 Å². The molecule has 2 aromatic carbocycles. The van der Waals surface area contributed by atoms with Crippen molar-refractivity contribution < 1.29 is 14.2 Å². The highest BCUT2D eigenvalue weighted by Crippen LogP contribution is 2.30. The zero-order valence-electron chi connectivity index (χ0n) is 15.6. The molecule has 1 heterocycles. The molecule has 6 heteroatoms. The van der Waals surface area contributed by atoms with Crippen LogP contribution in [0.2, 0.25) is 0 Å². The molecule has 0 amide bonds. The van der Waals surface area contributed by atoms with E-state index in [4.69, 9.17) is 14.2 Å². The van der Waals surface area contributed by atoms with Crippen LogP contribution < -0.4 is 19.1 Å². The number of halogens is 1. The van der Waals surface area contributed by atoms with Crippen LogP contribution in [0.25, 0.3) is 0 Å². The first kappa shape index (κ1) is 20.2. The molecular weight excluding hydrogens is 352 g/mol. The minimum Gasteiger partial charge on any atom is -0.495 e. The third kappa shape index (κ3) is 4.54. The van der Waals surface area contributed by atoms with Crippen molar-refractivity contribution in [1.82, 2.24) is 4.90 Å². The van der Waals surface area contributed by atoms with Crippen molar-refractivity contribution >= 4 is 18.1 Å². The van der Waals surface area contributed by atoms with Crippen molar-refractivity contribution in [2.45, 2.75) is 6.54 Å². The van der Waals surface area contributed by atoms with E-state index in [1.54, 1.807) is 21.3 Å². The molecule has 0 unspecified atom stereocenters. The van der Waals surface area contributed by atoms with Gasteiger partial charge in [0.25, 0.3) is 0 Å². The molecule has 0 aliphatic carbocycles. The lowest BCUT2D eigenvalue weighted by Gasteiger charge is -2.36. The van der Waals surface area contributed by atoms with Crippen LogP contribution in [0.3, 0.4) is 0 Å². The number of ether oxygens (including phenoxy) is 3. The van der Waals surface area contributed by atoms with Crippen molar-refractivity contribution in [3.05, 3.63) is 48.0 Å². The second kappa shape index (κ2) is 9.55. The van der Waals surface area contributed by atoms with Crippen molar-refractivity contribution in [2.24, 2.45) is 0 Å². The number of para-hydroxylation sites is 2. The predicted octanol–water partition coefficient (Wildman–Crippen LogP) is 3.46. The first-order valence-corrected chi connectivity index (χ1v) is 8.56. The summed E-state index contributed by atoms with van der Waals surface area (Å²) in [7, 11) is 5.06. The lowest BCUT2D eigenvalue weighted by Crippen LogP contribution is -2.46. The molecule has 2 aromatic rings. The van der Waals surface area contributed by atoms with Crippen LogP contribution in [0, 0.1) is 0 Å². The fourth-order valence-electron chi connectivity index (χ4n) is 3.28. The number of anilines is 1. The molecule has 0 atom stereocenters. The normalized spacial score (nSPS) is 14.5. The first-order chi connectivity index (χ1) is 12.2. The smallest absolute Gasteiger partial charge is 0.161 e. The second-order valence-electron chi connectivity index (χ2n) is 6.12. The standard InChI is InChI=1S/C20H26N2O3.ClH/c1-23-18-7-5-4-6-17(18)22-12-10-21(11-13-22)15-16-8-9-19(24-2)20(14-16)25-3;/h4-9,14H,10-13,15H2,1-3H3;1H. The van der Waals surface area contributed by atoms with Crippen LogP contribution in [-0.4, -0.2) is 52.4 Å². The Kier molecular flexibility index (Phi) is 7.42. The Morgan fingerprint density at radius 2 is 1.42 bits per heavy atom. The summed E-state index contributed by atoms with van der Waals surface area (Å²) < 4.78 is 16.2. The molecule has 0 bridgehead atoms. The summed E-state index contributed by atoms with van der Waals surface area (Å²) in [5.41, 5.74) is 2.42. The SMILES string of the molecule is COc1ccc(CN2CCN(c3ccccc3OC)CC2)cc1OC.Cl. The molecule has 1 fully saturated rings. The van der Waals surface area contributed by atoms with Gasteiger partial charge in [-0.1, -0.05) is 18.2 Å². The molecule has 1 saturated heterocycles. The fraction of sp³-hybridized carbons (Fsp3) is 0.400. The third-order valence-electron chi connectivity index (χ3n) is 4.65. The molecular formula is C20H27ClN2O3. The summed E-state index contributed by atoms with van der Waals surface area (Å²) in [6.45, 7) is 4.94. The maximum atomic E-state index is 5.49. The highest BCUT2D eigenvalue weighted by Gasteiger charge is 2.19. The van der Waals surface area contributed by atoms with Gasteiger partial charge in [-0.05, 0) is 29.8 Å². The van der Waals surface area contributed by atoms with Gasteiger partial charge in [0.05, 0.1) is 27.0 Å². The maximum absolute atomic E-state index is 5.49. The molecule has 1 aliphatic rings. The minimum atomic E-state index is 0. The number of piperazine rings is 1. The molecule has 26 heavy (non-hydrogen) atoms. The topological polar surface area (TPSA) is 34.2 Å². The Balaban J connectivity index is 0.00000243. The highest BCUT2D eigenvalue weighted by atomic mass is 35.5. The van der Waals surface area contributed by atoms with Crippen molar-refractivity contribution in [3.63, 3.8) is 0 Å². The van der Waals surface area contributed by atoms with Gasteiger partial charge in [0.1, 0.15) is 5.75 Å². The van der Waals surface area contributed by atoms with Crippen LogP contribution in [-0.2, 0) is 6.54 Å². The minimum absolute atomic E-state index is 0. The highest BCUT2D eigenvalue weighted by molar-refractivity contribution is 5.85. The average Bonchev–Trinajstić information content (AvgIpc) is 2.68. The molecule has 0 N–H and O–H groups in total. The van der Waals surface area contributed by atoms with Crippen LogP contribution in [0.4, 0.5) is 5.69 Å². The van der Waals surface area contributed by atoms with Gasteiger partial charge in [0.15, 0.2) is 11.5 Å². The van der Waals surface area contributed by atoms with E-state index < -0.39 is 0 Å². The quantitative estimate of drug-likeness (QED) is 0.769. The van der Waals surface area contributed by atoms with Crippen LogP contribution in [0.5, 0.6) is 17.2 Å². The van der Waals surface area contributed by atoms with E-state index in [1.807, 2.05) is 18.2 Å². The second-order valence-corrected chi connectivity index (χ2v) is 6.12. The summed E-state index contributed by atoms with van der Waals surface area (Å²) in [5, 5.41) is 0. The fourth-order valence-corrected chi connectivity index (χ4v) is 3.28. The zero-order chi connectivity index (χ0) is 17.6. The molecule has 0 aromatic heterocycles. The Hall–Kier alpha value is -2.11. The van der Waals surface area contributed by atoms with Crippen molar-refractivity contribution in [2.75, 3.05) is 52.4 Å². The molecule has 1 aliphatic heterocycles. The van der Waals surface area contributed by atoms with E-state index in [2.05, 4.69) is 34.1 Å². The number of benzene rings is 2. The van der Waals surface area contributed by atoms with Crippen LogP contribution >= 0.6 is 12.4 Å². The monoisotopic (exact) mass is 378 g/mol. The molecule has 0 saturated carbocycles. The summed E-state index contributed by atoms with van der Waals surface area (Å²) in [6.07, 6.45) is 0. The summed E-state index contributed by atoms with van der Waals surface area (Å²) in [6, 6.07) is 14.4. The Morgan fingerprint density at radius 3 is 2.08 bits per heavy atom. The molecule has 142 valence electrons. The van der Waals surface area contributed by atoms with Gasteiger partial charge in [-0.25, -0.2) is 0 Å². The molecule has 3 rings (SSSR count). The number of methoxy groups -OCH3 is 3. The number of hydrogen-bond acceptors (Lipinski definition) is 5. The first-order valence-electron chi connectivity index (χ1n) is 8.56. The number of hydrogen-bond donors (Lipinski definition) is 0. The van der Waals surface area contributed by atoms with Gasteiger partial charge >= 0.3 is 0 Å². The van der Waals surface area contributed by atoms with E-state index in [0.717, 1.165) is 50.0 Å². The predicted molar refractivity (Wildman–Crippen MR) is 107 cm³/mol. The lowest BCUT2D eigenvalue weighted by molar-refractivity contribution is 0.248. The van der Waals surface area contributed by atoms with Gasteiger partial charge < -0.3 is 19.1 Å². The summed E-state index contributed by atoms with van der Waals surface area (Å²) in [5.74, 6) is 2.50. The van der Waals surface area contributed by atoms with E-state index in [-0.39, 0.29) is 12.4 Å². The summed E-state index contributed by atoms with van der Waals surface area (Å²) in [4.78, 5) is 4.86. The zero-order valence-corrected chi connectivity index (χ0v) is 16.4. The number of nitrogens with zero attached hydrogens (tertiary/aromatic N) is 2. The van der Waals surface area contributed by atoms with E-state index in [9.17, 15) is 0 Å². The van der Waals surface area contributed by atoms with Gasteiger partial charge in [-0.15, -0.1) is 12.4 Å². The maximum Gasteiger partial charge on any atom is 0.161 e.